The van der Waals surface area contributed by atoms with E-state index < -0.39 is 0 Å². The molecule has 88 valence electrons. The Morgan fingerprint density at radius 2 is 2.13 bits per heavy atom. The summed E-state index contributed by atoms with van der Waals surface area (Å²) in [6.07, 6.45) is 1.16. The number of rotatable bonds is 4. The topological polar surface area (TPSA) is 29.5 Å². The van der Waals surface area contributed by atoms with Gasteiger partial charge in [0.05, 0.1) is 13.2 Å². The van der Waals surface area contributed by atoms with E-state index in [-0.39, 0.29) is 5.41 Å². The summed E-state index contributed by atoms with van der Waals surface area (Å²) in [6.45, 7) is 9.42. The van der Waals surface area contributed by atoms with Crippen LogP contribution in [0.25, 0.3) is 0 Å². The third-order valence-corrected chi connectivity index (χ3v) is 2.98. The largest absolute Gasteiger partial charge is 0.384 e. The molecule has 1 saturated heterocycles. The highest BCUT2D eigenvalue weighted by Crippen LogP contribution is 2.20. The predicted octanol–water partition coefficient (Wildman–Crippen LogP) is 1.57. The zero-order valence-corrected chi connectivity index (χ0v) is 10.4. The quantitative estimate of drug-likeness (QED) is 0.710. The maximum absolute atomic E-state index is 11.8. The molecule has 0 aromatic heterocycles. The monoisotopic (exact) mass is 213 g/mol. The second-order valence-corrected chi connectivity index (χ2v) is 5.52. The van der Waals surface area contributed by atoms with Gasteiger partial charge in [0.2, 0.25) is 0 Å². The molecule has 0 radical (unpaired) electrons. The number of likely N-dealkylation sites (tertiary alicyclic amines) is 1. The first-order chi connectivity index (χ1) is 6.93. The van der Waals surface area contributed by atoms with Gasteiger partial charge in [-0.05, 0) is 18.9 Å². The van der Waals surface area contributed by atoms with Crippen molar-refractivity contribution < 1.29 is 9.53 Å². The summed E-state index contributed by atoms with van der Waals surface area (Å²) in [6, 6.07) is 0. The first-order valence-corrected chi connectivity index (χ1v) is 5.68. The van der Waals surface area contributed by atoms with E-state index in [1.54, 1.807) is 7.11 Å². The molecule has 0 aliphatic carbocycles. The Bertz CT molecular complexity index is 220. The van der Waals surface area contributed by atoms with Gasteiger partial charge in [0.25, 0.3) is 0 Å². The first-order valence-electron chi connectivity index (χ1n) is 5.68. The van der Waals surface area contributed by atoms with E-state index >= 15 is 0 Å². The number of ether oxygens (including phenoxy) is 1. The highest BCUT2D eigenvalue weighted by Gasteiger charge is 2.28. The average molecular weight is 213 g/mol. The number of carbonyl (C=O) groups is 1. The highest BCUT2D eigenvalue weighted by molar-refractivity contribution is 5.85. The summed E-state index contributed by atoms with van der Waals surface area (Å²) >= 11 is 0. The van der Waals surface area contributed by atoms with Crippen LogP contribution < -0.4 is 0 Å². The average Bonchev–Trinajstić information content (AvgIpc) is 2.51. The lowest BCUT2D eigenvalue weighted by atomic mass is 9.90. The molecule has 0 N–H and O–H groups in total. The molecule has 1 aliphatic heterocycles. The smallest absolute Gasteiger partial charge is 0.152 e. The van der Waals surface area contributed by atoms with E-state index in [9.17, 15) is 4.79 Å². The Hall–Kier alpha value is -0.410. The molecule has 1 atom stereocenters. The summed E-state index contributed by atoms with van der Waals surface area (Å²) < 4.78 is 5.13. The van der Waals surface area contributed by atoms with E-state index in [0.717, 1.165) is 26.1 Å². The minimum absolute atomic E-state index is 0.209. The lowest BCUT2D eigenvalue weighted by Gasteiger charge is -2.21. The number of carbonyl (C=O) groups excluding carboxylic acids is 1. The Morgan fingerprint density at radius 3 is 2.67 bits per heavy atom. The van der Waals surface area contributed by atoms with Crippen LogP contribution in [0.5, 0.6) is 0 Å². The van der Waals surface area contributed by atoms with Crippen molar-refractivity contribution >= 4 is 5.78 Å². The van der Waals surface area contributed by atoms with Crippen molar-refractivity contribution in [3.63, 3.8) is 0 Å². The van der Waals surface area contributed by atoms with Crippen LogP contribution in [0.2, 0.25) is 0 Å². The van der Waals surface area contributed by atoms with Gasteiger partial charge in [-0.25, -0.2) is 0 Å². The number of methoxy groups -OCH3 is 1. The van der Waals surface area contributed by atoms with Gasteiger partial charge in [-0.15, -0.1) is 0 Å². The number of hydrogen-bond acceptors (Lipinski definition) is 3. The van der Waals surface area contributed by atoms with Crippen LogP contribution >= 0.6 is 0 Å². The molecular formula is C12H23NO2. The van der Waals surface area contributed by atoms with Gasteiger partial charge in [0.15, 0.2) is 5.78 Å². The van der Waals surface area contributed by atoms with Crippen LogP contribution in [0.4, 0.5) is 0 Å². The molecule has 0 saturated carbocycles. The lowest BCUT2D eigenvalue weighted by molar-refractivity contribution is -0.127. The van der Waals surface area contributed by atoms with Crippen LogP contribution in [0, 0.1) is 11.3 Å². The minimum atomic E-state index is -0.209. The lowest BCUT2D eigenvalue weighted by Crippen LogP contribution is -2.34. The fraction of sp³-hybridized carbons (Fsp3) is 0.917. The normalized spacial score (nSPS) is 23.3. The second-order valence-electron chi connectivity index (χ2n) is 5.52. The van der Waals surface area contributed by atoms with Crippen molar-refractivity contribution in [2.75, 3.05) is 33.4 Å². The summed E-state index contributed by atoms with van der Waals surface area (Å²) in [5.74, 6) is 0.948. The van der Waals surface area contributed by atoms with Crippen molar-refractivity contribution in [2.45, 2.75) is 27.2 Å². The first kappa shape index (κ1) is 12.7. The Kier molecular flexibility index (Phi) is 4.29. The van der Waals surface area contributed by atoms with Gasteiger partial charge in [-0.3, -0.25) is 9.69 Å². The van der Waals surface area contributed by atoms with E-state index in [1.165, 1.54) is 0 Å². The summed E-state index contributed by atoms with van der Waals surface area (Å²) in [5.41, 5.74) is -0.209. The van der Waals surface area contributed by atoms with Crippen molar-refractivity contribution in [2.24, 2.45) is 11.3 Å². The second kappa shape index (κ2) is 5.08. The molecule has 3 nitrogen and oxygen atoms in total. The highest BCUT2D eigenvalue weighted by atomic mass is 16.5. The van der Waals surface area contributed by atoms with Crippen LogP contribution in [0.15, 0.2) is 0 Å². The Labute approximate surface area is 92.8 Å². The Balaban J connectivity index is 2.33. The van der Waals surface area contributed by atoms with E-state index in [4.69, 9.17) is 4.74 Å². The molecule has 0 bridgehead atoms. The van der Waals surface area contributed by atoms with Crippen LogP contribution in [-0.2, 0) is 9.53 Å². The fourth-order valence-corrected chi connectivity index (χ4v) is 1.87. The van der Waals surface area contributed by atoms with Crippen LogP contribution in [-0.4, -0.2) is 44.0 Å². The van der Waals surface area contributed by atoms with Crippen LogP contribution in [0.1, 0.15) is 27.2 Å². The third kappa shape index (κ3) is 3.92. The van der Waals surface area contributed by atoms with Gasteiger partial charge in [-0.1, -0.05) is 20.8 Å². The molecule has 1 aliphatic rings. The van der Waals surface area contributed by atoms with Crippen molar-refractivity contribution in [3.05, 3.63) is 0 Å². The number of Topliss-reactive ketones (excluding diaryl/α,β-unsaturated/α-hetero) is 1. The van der Waals surface area contributed by atoms with Gasteiger partial charge >= 0.3 is 0 Å². The molecular weight excluding hydrogens is 190 g/mol. The van der Waals surface area contributed by atoms with Crippen molar-refractivity contribution in [3.8, 4) is 0 Å². The summed E-state index contributed by atoms with van der Waals surface area (Å²) in [7, 11) is 1.74. The Morgan fingerprint density at radius 1 is 1.47 bits per heavy atom. The summed E-state index contributed by atoms with van der Waals surface area (Å²) in [5, 5.41) is 0. The predicted molar refractivity (Wildman–Crippen MR) is 60.9 cm³/mol. The minimum Gasteiger partial charge on any atom is -0.384 e. The maximum atomic E-state index is 11.8. The van der Waals surface area contributed by atoms with Crippen molar-refractivity contribution in [1.29, 1.82) is 0 Å². The zero-order valence-electron chi connectivity index (χ0n) is 10.4. The summed E-state index contributed by atoms with van der Waals surface area (Å²) in [4.78, 5) is 14.1. The van der Waals surface area contributed by atoms with E-state index in [1.807, 2.05) is 20.8 Å². The van der Waals surface area contributed by atoms with Crippen LogP contribution in [0.3, 0.4) is 0 Å². The van der Waals surface area contributed by atoms with Gasteiger partial charge < -0.3 is 4.74 Å². The molecule has 1 heterocycles. The van der Waals surface area contributed by atoms with Gasteiger partial charge in [-0.2, -0.15) is 0 Å². The van der Waals surface area contributed by atoms with Crippen molar-refractivity contribution in [1.82, 2.24) is 4.90 Å². The standard InChI is InChI=1S/C12H23NO2/c1-12(2,3)11(14)8-13-6-5-10(7-13)9-15-4/h10H,5-9H2,1-4H3. The third-order valence-electron chi connectivity index (χ3n) is 2.98. The van der Waals surface area contributed by atoms with E-state index in [2.05, 4.69) is 4.90 Å². The van der Waals surface area contributed by atoms with Gasteiger partial charge in [0, 0.05) is 19.1 Å². The molecule has 0 spiro atoms. The molecule has 3 heteroatoms. The molecule has 0 aromatic carbocycles. The maximum Gasteiger partial charge on any atom is 0.152 e. The SMILES string of the molecule is COCC1CCN(CC(=O)C(C)(C)C)C1. The molecule has 1 rings (SSSR count). The molecule has 15 heavy (non-hydrogen) atoms. The van der Waals surface area contributed by atoms with Gasteiger partial charge in [0.1, 0.15) is 0 Å². The zero-order chi connectivity index (χ0) is 11.5. The number of ketones is 1. The fourth-order valence-electron chi connectivity index (χ4n) is 1.87. The number of nitrogens with zero attached hydrogens (tertiary/aromatic N) is 1. The van der Waals surface area contributed by atoms with E-state index in [0.29, 0.717) is 18.2 Å². The molecule has 1 unspecified atom stereocenters. The molecule has 1 fully saturated rings. The number of hydrogen-bond donors (Lipinski definition) is 0. The molecule has 0 amide bonds. The molecule has 0 aromatic rings.